The van der Waals surface area contributed by atoms with Crippen molar-refractivity contribution >= 4 is 39.2 Å². The van der Waals surface area contributed by atoms with Gasteiger partial charge in [-0.15, -0.1) is 0 Å². The van der Waals surface area contributed by atoms with Gasteiger partial charge >= 0.3 is 0 Å². The zero-order valence-electron chi connectivity index (χ0n) is 24.8. The first-order valence-corrected chi connectivity index (χ1v) is 15.2. The SMILES string of the molecule is O=C(c1cn2c3c(c(NCCCn4ccnc4)c(F)cc3c1=O)Oc1cc3ccccc3cc1-2)N1CCN(c2ncccn2)CC1. The fourth-order valence-corrected chi connectivity index (χ4v) is 6.25. The van der Waals surface area contributed by atoms with Crippen LogP contribution in [-0.4, -0.2) is 67.6 Å². The number of benzene rings is 3. The second-order valence-electron chi connectivity index (χ2n) is 11.4. The lowest BCUT2D eigenvalue weighted by Gasteiger charge is -2.34. The monoisotopic (exact) mass is 616 g/mol. The van der Waals surface area contributed by atoms with Crippen molar-refractivity contribution in [2.24, 2.45) is 0 Å². The minimum Gasteiger partial charge on any atom is -0.451 e. The average Bonchev–Trinajstić information content (AvgIpc) is 3.62. The first-order chi connectivity index (χ1) is 22.5. The topological polar surface area (TPSA) is 110 Å². The number of ether oxygens (including phenoxy) is 1. The van der Waals surface area contributed by atoms with Gasteiger partial charge in [0.2, 0.25) is 11.4 Å². The third kappa shape index (κ3) is 4.78. The Labute approximate surface area is 262 Å². The molecule has 1 saturated heterocycles. The number of nitrogens with one attached hydrogen (secondary N) is 1. The molecule has 0 bridgehead atoms. The first-order valence-electron chi connectivity index (χ1n) is 15.2. The normalized spacial score (nSPS) is 13.9. The summed E-state index contributed by atoms with van der Waals surface area (Å²) >= 11 is 0. The number of nitrogens with zero attached hydrogens (tertiary/aromatic N) is 7. The van der Waals surface area contributed by atoms with E-state index in [1.807, 2.05) is 52.1 Å². The van der Waals surface area contributed by atoms with Crippen molar-refractivity contribution in [3.05, 3.63) is 107 Å². The largest absolute Gasteiger partial charge is 0.451 e. The van der Waals surface area contributed by atoms with E-state index in [0.717, 1.165) is 10.8 Å². The maximum absolute atomic E-state index is 15.9. The number of carbonyl (C=O) groups is 1. The Morgan fingerprint density at radius 1 is 0.978 bits per heavy atom. The summed E-state index contributed by atoms with van der Waals surface area (Å²) in [5.41, 5.74) is 0.681. The number of halogens is 1. The van der Waals surface area contributed by atoms with Crippen LogP contribution >= 0.6 is 0 Å². The van der Waals surface area contributed by atoms with Crippen molar-refractivity contribution in [2.45, 2.75) is 13.0 Å². The molecule has 0 atom stereocenters. The van der Waals surface area contributed by atoms with E-state index in [2.05, 4.69) is 20.3 Å². The van der Waals surface area contributed by atoms with E-state index in [1.54, 1.807) is 46.6 Å². The van der Waals surface area contributed by atoms with Gasteiger partial charge in [-0.05, 0) is 41.5 Å². The molecule has 0 spiro atoms. The number of imidazole rings is 1. The molecule has 0 unspecified atom stereocenters. The molecular weight excluding hydrogens is 587 g/mol. The summed E-state index contributed by atoms with van der Waals surface area (Å²) in [5, 5.41) is 5.20. The Kier molecular flexibility index (Phi) is 6.81. The fraction of sp³-hybridized carbons (Fsp3) is 0.206. The van der Waals surface area contributed by atoms with E-state index in [1.165, 1.54) is 6.07 Å². The van der Waals surface area contributed by atoms with Crippen LogP contribution in [0, 0.1) is 5.82 Å². The third-order valence-corrected chi connectivity index (χ3v) is 8.58. The molecule has 8 rings (SSSR count). The van der Waals surface area contributed by atoms with Crippen molar-refractivity contribution in [1.29, 1.82) is 0 Å². The molecule has 2 aliphatic heterocycles. The Morgan fingerprint density at radius 3 is 2.52 bits per heavy atom. The van der Waals surface area contributed by atoms with Crippen molar-refractivity contribution in [1.82, 2.24) is 29.0 Å². The molecule has 0 saturated carbocycles. The highest BCUT2D eigenvalue weighted by Gasteiger charge is 2.31. The number of pyridine rings is 1. The van der Waals surface area contributed by atoms with Gasteiger partial charge in [0.25, 0.3) is 5.91 Å². The number of aromatic nitrogens is 5. The summed E-state index contributed by atoms with van der Waals surface area (Å²) in [6.45, 7) is 2.99. The van der Waals surface area contributed by atoms with Crippen LogP contribution in [0.4, 0.5) is 16.0 Å². The van der Waals surface area contributed by atoms with E-state index in [-0.39, 0.29) is 22.4 Å². The maximum Gasteiger partial charge on any atom is 0.259 e. The van der Waals surface area contributed by atoms with E-state index in [4.69, 9.17) is 4.74 Å². The van der Waals surface area contributed by atoms with Gasteiger partial charge in [0.1, 0.15) is 16.8 Å². The lowest BCUT2D eigenvalue weighted by molar-refractivity contribution is 0.0744. The van der Waals surface area contributed by atoms with Crippen molar-refractivity contribution < 1.29 is 13.9 Å². The zero-order chi connectivity index (χ0) is 31.2. The lowest BCUT2D eigenvalue weighted by Crippen LogP contribution is -2.50. The summed E-state index contributed by atoms with van der Waals surface area (Å²) in [5.74, 6) is 0.287. The quantitative estimate of drug-likeness (QED) is 0.254. The van der Waals surface area contributed by atoms with Crippen LogP contribution in [0.25, 0.3) is 27.4 Å². The minimum absolute atomic E-state index is 0.0238. The fourth-order valence-electron chi connectivity index (χ4n) is 6.25. The smallest absolute Gasteiger partial charge is 0.259 e. The minimum atomic E-state index is -0.626. The number of piperazine rings is 1. The molecule has 5 heterocycles. The molecule has 3 aromatic heterocycles. The Bertz CT molecular complexity index is 2160. The number of fused-ring (bicyclic) bond motifs is 3. The molecule has 230 valence electrons. The molecule has 11 nitrogen and oxygen atoms in total. The van der Waals surface area contributed by atoms with E-state index >= 15 is 4.39 Å². The van der Waals surface area contributed by atoms with Gasteiger partial charge in [-0.1, -0.05) is 24.3 Å². The van der Waals surface area contributed by atoms with Crippen LogP contribution < -0.4 is 20.4 Å². The van der Waals surface area contributed by atoms with Gasteiger partial charge in [0.05, 0.1) is 17.4 Å². The molecule has 3 aromatic carbocycles. The van der Waals surface area contributed by atoms with Gasteiger partial charge in [0.15, 0.2) is 17.3 Å². The highest BCUT2D eigenvalue weighted by atomic mass is 19.1. The van der Waals surface area contributed by atoms with Crippen LogP contribution in [0.15, 0.2) is 90.6 Å². The number of aryl methyl sites for hydroxylation is 1. The van der Waals surface area contributed by atoms with Gasteiger partial charge in [0, 0.05) is 70.3 Å². The molecule has 46 heavy (non-hydrogen) atoms. The number of rotatable bonds is 7. The van der Waals surface area contributed by atoms with E-state index in [0.29, 0.717) is 68.6 Å². The number of amides is 1. The molecule has 0 aliphatic carbocycles. The van der Waals surface area contributed by atoms with Gasteiger partial charge in [-0.25, -0.2) is 19.3 Å². The van der Waals surface area contributed by atoms with Crippen LogP contribution in [0.2, 0.25) is 0 Å². The van der Waals surface area contributed by atoms with E-state index in [9.17, 15) is 9.59 Å². The van der Waals surface area contributed by atoms with E-state index < -0.39 is 17.2 Å². The first kappa shape index (κ1) is 27.7. The molecule has 0 radical (unpaired) electrons. The molecule has 1 amide bonds. The number of hydrogen-bond acceptors (Lipinski definition) is 8. The van der Waals surface area contributed by atoms with Crippen molar-refractivity contribution in [2.75, 3.05) is 42.9 Å². The summed E-state index contributed by atoms with van der Waals surface area (Å²) in [6.07, 6.45) is 11.0. The summed E-state index contributed by atoms with van der Waals surface area (Å²) in [6, 6.07) is 14.7. The highest BCUT2D eigenvalue weighted by Crippen LogP contribution is 2.46. The Balaban J connectivity index is 1.19. The number of hydrogen-bond donors (Lipinski definition) is 1. The average molecular weight is 617 g/mol. The van der Waals surface area contributed by atoms with Crippen LogP contribution in [0.3, 0.4) is 0 Å². The summed E-state index contributed by atoms with van der Waals surface area (Å²) in [4.78, 5) is 44.3. The van der Waals surface area contributed by atoms with Gasteiger partial charge in [-0.2, -0.15) is 0 Å². The molecule has 1 fully saturated rings. The Morgan fingerprint density at radius 2 is 1.76 bits per heavy atom. The molecular formula is C34H29FN8O3. The third-order valence-electron chi connectivity index (χ3n) is 8.58. The predicted octanol–water partition coefficient (Wildman–Crippen LogP) is 4.84. The zero-order valence-corrected chi connectivity index (χ0v) is 24.8. The molecule has 1 N–H and O–H groups in total. The predicted molar refractivity (Wildman–Crippen MR) is 173 cm³/mol. The van der Waals surface area contributed by atoms with Gasteiger partial charge < -0.3 is 29.0 Å². The van der Waals surface area contributed by atoms with Crippen LogP contribution in [0.1, 0.15) is 16.8 Å². The second-order valence-corrected chi connectivity index (χ2v) is 11.4. The van der Waals surface area contributed by atoms with Crippen LogP contribution in [0.5, 0.6) is 11.5 Å². The number of carbonyl (C=O) groups excluding carboxylic acids is 1. The molecule has 2 aliphatic rings. The maximum atomic E-state index is 15.9. The van der Waals surface area contributed by atoms with Crippen LogP contribution in [-0.2, 0) is 6.54 Å². The Hall–Kier alpha value is -5.78. The van der Waals surface area contributed by atoms with Gasteiger partial charge in [-0.3, -0.25) is 9.59 Å². The molecule has 12 heteroatoms. The second kappa shape index (κ2) is 11.3. The highest BCUT2D eigenvalue weighted by molar-refractivity contribution is 6.02. The molecule has 6 aromatic rings. The summed E-state index contributed by atoms with van der Waals surface area (Å²) in [7, 11) is 0. The van der Waals surface area contributed by atoms with Crippen molar-refractivity contribution in [3.8, 4) is 17.2 Å². The summed E-state index contributed by atoms with van der Waals surface area (Å²) < 4.78 is 26.1. The number of anilines is 2. The standard InChI is InChI=1S/C34H29FN8O3/c35-26-19-24-30-32(29(26)37-9-4-11-40-12-10-36-21-40)46-28-18-23-6-2-1-5-22(23)17-27(28)43(30)20-25(31(24)44)33(45)41-13-15-42(16-14-41)34-38-7-3-8-39-34/h1-3,5-8,10,12,17-21,37H,4,9,11,13-16H2. The lowest BCUT2D eigenvalue weighted by atomic mass is 10.0. The van der Waals surface area contributed by atoms with Crippen molar-refractivity contribution in [3.63, 3.8) is 0 Å².